The Bertz CT molecular complexity index is 1270. The molecule has 1 amide bonds. The van der Waals surface area contributed by atoms with E-state index in [4.69, 9.17) is 33.1 Å². The molecule has 3 rings (SSSR count). The summed E-state index contributed by atoms with van der Waals surface area (Å²) in [6.07, 6.45) is -4.16. The number of carbonyl (C=O) groups is 2. The number of nitrogens with one attached hydrogen (secondary N) is 2. The molecule has 0 unspecified atom stereocenters. The highest BCUT2D eigenvalue weighted by Crippen LogP contribution is 2.29. The highest BCUT2D eigenvalue weighted by molar-refractivity contribution is 7.91. The second kappa shape index (κ2) is 14.5. The lowest BCUT2D eigenvalue weighted by molar-refractivity contribution is -0.192. The minimum Gasteiger partial charge on any atom is -0.475 e. The van der Waals surface area contributed by atoms with Crippen molar-refractivity contribution in [3.8, 4) is 0 Å². The maximum absolute atomic E-state index is 12.5. The number of likely N-dealkylation sites (N-methyl/N-ethyl adjacent to an activating group) is 1. The maximum Gasteiger partial charge on any atom is 0.490 e. The number of halogens is 5. The Morgan fingerprint density at radius 1 is 1.13 bits per heavy atom. The zero-order valence-electron chi connectivity index (χ0n) is 20.8. The number of carboxylic acids is 1. The van der Waals surface area contributed by atoms with E-state index in [1.54, 1.807) is 18.0 Å². The molecule has 1 aliphatic heterocycles. The van der Waals surface area contributed by atoms with Crippen LogP contribution in [0.3, 0.4) is 0 Å². The number of nitrogens with zero attached hydrogens (tertiary/aromatic N) is 2. The minimum absolute atomic E-state index is 0.0631. The third-order valence-corrected chi connectivity index (χ3v) is 7.84. The smallest absolute Gasteiger partial charge is 0.475 e. The van der Waals surface area contributed by atoms with E-state index in [-0.39, 0.29) is 39.7 Å². The van der Waals surface area contributed by atoms with E-state index in [9.17, 15) is 26.4 Å². The number of hydrogen-bond acceptors (Lipinski definition) is 7. The predicted octanol–water partition coefficient (Wildman–Crippen LogP) is 3.39. The zero-order valence-corrected chi connectivity index (χ0v) is 23.1. The molecule has 39 heavy (non-hydrogen) atoms. The molecule has 0 aromatic heterocycles. The van der Waals surface area contributed by atoms with E-state index in [1.165, 1.54) is 12.1 Å². The number of aliphatic carboxylic acids is 1. The van der Waals surface area contributed by atoms with Crippen LogP contribution in [0.25, 0.3) is 0 Å². The monoisotopic (exact) mass is 610 g/mol. The van der Waals surface area contributed by atoms with Crippen LogP contribution in [0.4, 0.5) is 13.2 Å². The summed E-state index contributed by atoms with van der Waals surface area (Å²) in [5.41, 5.74) is 2.20. The van der Waals surface area contributed by atoms with Crippen LogP contribution in [0.2, 0.25) is 10.0 Å². The lowest BCUT2D eigenvalue weighted by atomic mass is 10.1. The standard InChI is InChI=1S/C22H26Cl2N4O3S.C2HF3O2/c1-28(14-10-16-5-7-17(8-6-16)22-26-12-13-27-22)20(29)9-11-25-15-32(30,31)21-18(23)3-2-4-19(21)24;3-2(4,5)1(6)7/h2-8,25H,9-15H2,1H3,(H,26,27);(H,6,7). The molecule has 2 aromatic rings. The fraction of sp³-hybridized carbons (Fsp3) is 0.375. The summed E-state index contributed by atoms with van der Waals surface area (Å²) in [5, 5.41) is 13.3. The van der Waals surface area contributed by atoms with Crippen molar-refractivity contribution >= 4 is 50.8 Å². The number of carbonyl (C=O) groups excluding carboxylic acids is 1. The van der Waals surface area contributed by atoms with Crippen LogP contribution in [0.5, 0.6) is 0 Å². The Hall–Kier alpha value is -2.87. The number of benzene rings is 2. The average molecular weight is 611 g/mol. The van der Waals surface area contributed by atoms with Crippen LogP contribution in [0, 0.1) is 0 Å². The molecule has 15 heteroatoms. The highest BCUT2D eigenvalue weighted by Gasteiger charge is 2.38. The number of amides is 1. The fourth-order valence-electron chi connectivity index (χ4n) is 3.29. The van der Waals surface area contributed by atoms with E-state index in [0.717, 1.165) is 36.5 Å². The van der Waals surface area contributed by atoms with E-state index in [0.29, 0.717) is 6.54 Å². The quantitative estimate of drug-likeness (QED) is 0.352. The summed E-state index contributed by atoms with van der Waals surface area (Å²) in [7, 11) is -1.96. The molecule has 3 N–H and O–H groups in total. The van der Waals surface area contributed by atoms with E-state index >= 15 is 0 Å². The minimum atomic E-state index is -5.08. The number of carboxylic acid groups (broad SMARTS) is 1. The third-order valence-electron chi connectivity index (χ3n) is 5.34. The van der Waals surface area contributed by atoms with Gasteiger partial charge >= 0.3 is 12.1 Å². The number of alkyl halides is 3. The van der Waals surface area contributed by atoms with Crippen molar-refractivity contribution in [1.82, 2.24) is 15.5 Å². The van der Waals surface area contributed by atoms with Gasteiger partial charge in [-0.05, 0) is 24.1 Å². The Morgan fingerprint density at radius 3 is 2.23 bits per heavy atom. The van der Waals surface area contributed by atoms with Gasteiger partial charge in [0, 0.05) is 38.7 Å². The molecule has 0 aliphatic carbocycles. The van der Waals surface area contributed by atoms with Crippen molar-refractivity contribution in [2.75, 3.05) is 39.1 Å². The summed E-state index contributed by atoms with van der Waals surface area (Å²) < 4.78 is 56.7. The summed E-state index contributed by atoms with van der Waals surface area (Å²) in [4.78, 5) is 27.2. The Kier molecular flexibility index (Phi) is 12.0. The molecule has 1 aliphatic rings. The average Bonchev–Trinajstić information content (AvgIpc) is 3.40. The number of aliphatic imine (C=N–C) groups is 1. The van der Waals surface area contributed by atoms with Gasteiger partial charge in [-0.1, -0.05) is 53.5 Å². The third kappa shape index (κ3) is 10.3. The van der Waals surface area contributed by atoms with Crippen LogP contribution < -0.4 is 10.6 Å². The van der Waals surface area contributed by atoms with Gasteiger partial charge in [0.05, 0.1) is 16.6 Å². The van der Waals surface area contributed by atoms with Gasteiger partial charge in [-0.15, -0.1) is 0 Å². The Balaban J connectivity index is 0.000000673. The van der Waals surface area contributed by atoms with Crippen molar-refractivity contribution in [3.63, 3.8) is 0 Å². The van der Waals surface area contributed by atoms with Crippen LogP contribution in [-0.2, 0) is 25.8 Å². The van der Waals surface area contributed by atoms with E-state index < -0.39 is 22.0 Å². The van der Waals surface area contributed by atoms with Gasteiger partial charge in [-0.3, -0.25) is 9.79 Å². The van der Waals surface area contributed by atoms with Gasteiger partial charge < -0.3 is 20.6 Å². The first-order chi connectivity index (χ1) is 18.2. The second-order valence-corrected chi connectivity index (χ2v) is 11.0. The molecule has 1 heterocycles. The second-order valence-electron chi connectivity index (χ2n) is 8.28. The van der Waals surface area contributed by atoms with Gasteiger partial charge in [-0.2, -0.15) is 13.2 Å². The maximum atomic E-state index is 12.5. The zero-order chi connectivity index (χ0) is 29.2. The largest absolute Gasteiger partial charge is 0.490 e. The van der Waals surface area contributed by atoms with Crippen LogP contribution >= 0.6 is 23.2 Å². The van der Waals surface area contributed by atoms with Crippen LogP contribution in [0.15, 0.2) is 52.4 Å². The van der Waals surface area contributed by atoms with Gasteiger partial charge in [0.15, 0.2) is 9.84 Å². The van der Waals surface area contributed by atoms with Gasteiger partial charge in [0.25, 0.3) is 0 Å². The topological polar surface area (TPSA) is 128 Å². The molecule has 0 radical (unpaired) electrons. The summed E-state index contributed by atoms with van der Waals surface area (Å²) in [5.74, 6) is -2.24. The first kappa shape index (κ1) is 32.3. The number of sulfone groups is 1. The van der Waals surface area contributed by atoms with Crippen molar-refractivity contribution < 1.29 is 36.3 Å². The molecular weight excluding hydrogens is 584 g/mol. The number of amidine groups is 1. The van der Waals surface area contributed by atoms with Crippen molar-refractivity contribution in [2.24, 2.45) is 4.99 Å². The molecule has 0 spiro atoms. The fourth-order valence-corrected chi connectivity index (χ4v) is 5.68. The Morgan fingerprint density at radius 2 is 1.72 bits per heavy atom. The van der Waals surface area contributed by atoms with Crippen molar-refractivity contribution in [2.45, 2.75) is 23.9 Å². The van der Waals surface area contributed by atoms with Gasteiger partial charge in [-0.25, -0.2) is 13.2 Å². The predicted molar refractivity (Wildman–Crippen MR) is 142 cm³/mol. The molecule has 2 aromatic carbocycles. The molecule has 0 bridgehead atoms. The number of hydrogen-bond donors (Lipinski definition) is 3. The summed E-state index contributed by atoms with van der Waals surface area (Å²) in [6.45, 7) is 2.48. The van der Waals surface area contributed by atoms with Crippen molar-refractivity contribution in [3.05, 3.63) is 63.6 Å². The van der Waals surface area contributed by atoms with E-state index in [2.05, 4.69) is 15.6 Å². The molecule has 0 saturated heterocycles. The molecule has 214 valence electrons. The first-order valence-electron chi connectivity index (χ1n) is 11.5. The molecule has 0 saturated carbocycles. The summed E-state index contributed by atoms with van der Waals surface area (Å²) >= 11 is 12.0. The molecule has 9 nitrogen and oxygen atoms in total. The lowest BCUT2D eigenvalue weighted by Gasteiger charge is -2.17. The molecule has 0 atom stereocenters. The van der Waals surface area contributed by atoms with Gasteiger partial charge in [0.1, 0.15) is 16.6 Å². The normalized spacial score (nSPS) is 13.1. The van der Waals surface area contributed by atoms with Crippen LogP contribution in [-0.4, -0.2) is 81.4 Å². The summed E-state index contributed by atoms with van der Waals surface area (Å²) in [6, 6.07) is 12.7. The first-order valence-corrected chi connectivity index (χ1v) is 13.9. The highest BCUT2D eigenvalue weighted by atomic mass is 35.5. The van der Waals surface area contributed by atoms with Crippen LogP contribution in [0.1, 0.15) is 17.5 Å². The number of rotatable bonds is 10. The SMILES string of the molecule is CN(CCc1ccc(C2=NCCN2)cc1)C(=O)CCNCS(=O)(=O)c1c(Cl)cccc1Cl.O=C(O)C(F)(F)F. The molecular formula is C24H27Cl2F3N4O5S. The van der Waals surface area contributed by atoms with Gasteiger partial charge in [0.2, 0.25) is 5.91 Å². The Labute approximate surface area is 233 Å². The lowest BCUT2D eigenvalue weighted by Crippen LogP contribution is -2.33. The van der Waals surface area contributed by atoms with E-state index in [1.807, 2.05) is 24.3 Å². The molecule has 0 fully saturated rings. The van der Waals surface area contributed by atoms with Crippen molar-refractivity contribution in [1.29, 1.82) is 0 Å².